The number of β-amino-alcohol motifs (C(OH)–C–C–N with tert-alkyl or cyclic N) is 1. The zero-order valence-electron chi connectivity index (χ0n) is 20.0. The van der Waals surface area contributed by atoms with Gasteiger partial charge < -0.3 is 25.4 Å². The van der Waals surface area contributed by atoms with Crippen molar-refractivity contribution >= 4 is 11.8 Å². The lowest BCUT2D eigenvalue weighted by Gasteiger charge is -2.29. The monoisotopic (exact) mass is 460 g/mol. The topological polar surface area (TPSA) is 128 Å². The Morgan fingerprint density at radius 3 is 2.33 bits per heavy atom. The minimum absolute atomic E-state index is 0.116. The van der Waals surface area contributed by atoms with E-state index in [9.17, 15) is 24.6 Å². The molecule has 3 rings (SSSR count). The second-order valence-corrected chi connectivity index (χ2v) is 8.40. The third-order valence-electron chi connectivity index (χ3n) is 5.98. The fraction of sp³-hybridized carbons (Fsp3) is 0.542. The fourth-order valence-electron chi connectivity index (χ4n) is 3.75. The molecule has 2 aromatic rings. The van der Waals surface area contributed by atoms with Crippen LogP contribution < -0.4 is 11.0 Å². The van der Waals surface area contributed by atoms with E-state index in [1.807, 2.05) is 34.6 Å². The highest BCUT2D eigenvalue weighted by atomic mass is 16.3. The van der Waals surface area contributed by atoms with Crippen molar-refractivity contribution in [1.29, 1.82) is 0 Å². The van der Waals surface area contributed by atoms with Gasteiger partial charge in [0.25, 0.3) is 0 Å². The number of carbonyl (C=O) groups excluding carboxylic acids is 2. The van der Waals surface area contributed by atoms with Crippen LogP contribution >= 0.6 is 0 Å². The second kappa shape index (κ2) is 11.8. The molecule has 9 nitrogen and oxygen atoms in total. The summed E-state index contributed by atoms with van der Waals surface area (Å²) in [5.74, 6) is -0.719. The molecule has 0 spiro atoms. The van der Waals surface area contributed by atoms with Crippen LogP contribution in [-0.4, -0.2) is 61.8 Å². The largest absolute Gasteiger partial charge is 0.394 e. The number of aliphatic hydroxyl groups excluding tert-OH is 2. The van der Waals surface area contributed by atoms with Gasteiger partial charge in [0.2, 0.25) is 11.8 Å². The number of aromatic nitrogens is 2. The molecule has 1 aliphatic rings. The minimum atomic E-state index is -0.782. The van der Waals surface area contributed by atoms with E-state index < -0.39 is 24.1 Å². The molecule has 0 saturated carbocycles. The Bertz CT molecular complexity index is 966. The van der Waals surface area contributed by atoms with E-state index in [1.54, 1.807) is 30.5 Å². The van der Waals surface area contributed by atoms with Gasteiger partial charge in [0.1, 0.15) is 6.04 Å². The first-order chi connectivity index (χ1) is 15.7. The number of likely N-dealkylation sites (tertiary alicyclic amines) is 1. The normalized spacial score (nSPS) is 19.6. The lowest BCUT2D eigenvalue weighted by atomic mass is 9.96. The summed E-state index contributed by atoms with van der Waals surface area (Å²) in [5.41, 5.74) is 1.05. The molecule has 1 aliphatic heterocycles. The zero-order chi connectivity index (χ0) is 24.7. The van der Waals surface area contributed by atoms with E-state index in [2.05, 4.69) is 10.3 Å². The predicted octanol–water partition coefficient (Wildman–Crippen LogP) is 1.60. The second-order valence-electron chi connectivity index (χ2n) is 8.40. The first kappa shape index (κ1) is 26.3. The first-order valence-electron chi connectivity index (χ1n) is 11.5. The number of nitrogens with zero attached hydrogens (tertiary/aromatic N) is 2. The lowest BCUT2D eigenvalue weighted by Crippen LogP contribution is -2.49. The number of H-pyrrole nitrogens is 1. The Balaban J connectivity index is 0.00000187. The SMILES string of the molecule is CC.CC(C)C(C)C(=O)N1CC(O)CC1C(=O)NC(CO)c1ccc(-n2cc[nH]c2=O)cc1. The molecular formula is C24H36N4O5. The third-order valence-corrected chi connectivity index (χ3v) is 5.98. The van der Waals surface area contributed by atoms with Crippen LogP contribution in [-0.2, 0) is 9.59 Å². The van der Waals surface area contributed by atoms with Gasteiger partial charge >= 0.3 is 5.69 Å². The van der Waals surface area contributed by atoms with Crippen LogP contribution in [0, 0.1) is 11.8 Å². The van der Waals surface area contributed by atoms with Crippen molar-refractivity contribution in [3.05, 3.63) is 52.7 Å². The number of benzene rings is 1. The first-order valence-corrected chi connectivity index (χ1v) is 11.5. The summed E-state index contributed by atoms with van der Waals surface area (Å²) in [4.78, 5) is 41.5. The van der Waals surface area contributed by atoms with Gasteiger partial charge in [0.15, 0.2) is 0 Å². The van der Waals surface area contributed by atoms with Crippen LogP contribution in [0.4, 0.5) is 0 Å². The van der Waals surface area contributed by atoms with Crippen LogP contribution in [0.15, 0.2) is 41.5 Å². The van der Waals surface area contributed by atoms with Crippen molar-refractivity contribution in [1.82, 2.24) is 19.8 Å². The molecular weight excluding hydrogens is 424 g/mol. The van der Waals surface area contributed by atoms with Crippen molar-refractivity contribution < 1.29 is 19.8 Å². The number of imidazole rings is 1. The Kier molecular flexibility index (Phi) is 9.43. The number of aliphatic hydroxyl groups is 2. The molecule has 2 amide bonds. The van der Waals surface area contributed by atoms with E-state index in [0.29, 0.717) is 11.3 Å². The summed E-state index contributed by atoms with van der Waals surface area (Å²) >= 11 is 0. The molecule has 4 atom stereocenters. The Labute approximate surface area is 194 Å². The van der Waals surface area contributed by atoms with Crippen molar-refractivity contribution in [2.24, 2.45) is 11.8 Å². The lowest BCUT2D eigenvalue weighted by molar-refractivity contribution is -0.142. The van der Waals surface area contributed by atoms with E-state index in [4.69, 9.17) is 0 Å². The molecule has 1 aromatic heterocycles. The predicted molar refractivity (Wildman–Crippen MR) is 126 cm³/mol. The Morgan fingerprint density at radius 2 is 1.82 bits per heavy atom. The Morgan fingerprint density at radius 1 is 1.18 bits per heavy atom. The van der Waals surface area contributed by atoms with Crippen LogP contribution in [0.5, 0.6) is 0 Å². The average Bonchev–Trinajstić information content (AvgIpc) is 3.43. The molecule has 182 valence electrons. The van der Waals surface area contributed by atoms with Gasteiger partial charge in [0, 0.05) is 31.3 Å². The minimum Gasteiger partial charge on any atom is -0.394 e. The number of aromatic amines is 1. The molecule has 4 N–H and O–H groups in total. The summed E-state index contributed by atoms with van der Waals surface area (Å²) in [6.07, 6.45) is 2.55. The van der Waals surface area contributed by atoms with E-state index in [1.165, 1.54) is 15.7 Å². The van der Waals surface area contributed by atoms with Gasteiger partial charge in [-0.1, -0.05) is 46.8 Å². The van der Waals surface area contributed by atoms with Gasteiger partial charge in [-0.3, -0.25) is 14.2 Å². The molecule has 1 saturated heterocycles. The molecule has 9 heteroatoms. The van der Waals surface area contributed by atoms with Crippen molar-refractivity contribution in [2.75, 3.05) is 13.2 Å². The fourth-order valence-corrected chi connectivity index (χ4v) is 3.75. The molecule has 4 unspecified atom stereocenters. The number of amides is 2. The number of nitrogens with one attached hydrogen (secondary N) is 2. The van der Waals surface area contributed by atoms with E-state index in [-0.39, 0.29) is 43.0 Å². The van der Waals surface area contributed by atoms with Crippen LogP contribution in [0.1, 0.15) is 52.6 Å². The molecule has 0 aliphatic carbocycles. The maximum atomic E-state index is 13.0. The summed E-state index contributed by atoms with van der Waals surface area (Å²) in [7, 11) is 0. The van der Waals surface area contributed by atoms with Gasteiger partial charge in [-0.05, 0) is 23.6 Å². The summed E-state index contributed by atoms with van der Waals surface area (Å²) in [6.45, 7) is 9.49. The van der Waals surface area contributed by atoms with E-state index in [0.717, 1.165) is 0 Å². The molecule has 1 fully saturated rings. The van der Waals surface area contributed by atoms with Gasteiger partial charge in [-0.25, -0.2) is 4.79 Å². The van der Waals surface area contributed by atoms with Crippen LogP contribution in [0.3, 0.4) is 0 Å². The summed E-state index contributed by atoms with van der Waals surface area (Å²) in [6, 6.07) is 5.43. The number of hydrogen-bond acceptors (Lipinski definition) is 5. The maximum absolute atomic E-state index is 13.0. The van der Waals surface area contributed by atoms with E-state index >= 15 is 0 Å². The molecule has 33 heavy (non-hydrogen) atoms. The quantitative estimate of drug-likeness (QED) is 0.499. The maximum Gasteiger partial charge on any atom is 0.330 e. The van der Waals surface area contributed by atoms with Gasteiger partial charge in [-0.2, -0.15) is 0 Å². The van der Waals surface area contributed by atoms with Crippen molar-refractivity contribution in [3.8, 4) is 5.69 Å². The highest BCUT2D eigenvalue weighted by Crippen LogP contribution is 2.24. The number of rotatable bonds is 7. The number of hydrogen-bond donors (Lipinski definition) is 4. The third kappa shape index (κ3) is 6.11. The summed E-state index contributed by atoms with van der Waals surface area (Å²) < 4.78 is 1.44. The van der Waals surface area contributed by atoms with Crippen molar-refractivity contribution in [2.45, 2.75) is 59.2 Å². The smallest absolute Gasteiger partial charge is 0.330 e. The van der Waals surface area contributed by atoms with Crippen LogP contribution in [0.2, 0.25) is 0 Å². The highest BCUT2D eigenvalue weighted by Gasteiger charge is 2.41. The molecule has 0 radical (unpaired) electrons. The number of carbonyl (C=O) groups is 2. The van der Waals surface area contributed by atoms with Crippen molar-refractivity contribution in [3.63, 3.8) is 0 Å². The van der Waals surface area contributed by atoms with Gasteiger partial charge in [0.05, 0.1) is 24.4 Å². The zero-order valence-corrected chi connectivity index (χ0v) is 20.0. The average molecular weight is 461 g/mol. The van der Waals surface area contributed by atoms with Gasteiger partial charge in [-0.15, -0.1) is 0 Å². The molecule has 2 heterocycles. The standard InChI is InChI=1S/C22H30N4O5.C2H6/c1-13(2)14(3)21(30)26-11-17(28)10-19(26)20(29)24-18(12-27)15-4-6-16(7-5-15)25-9-8-23-22(25)31;1-2/h4-9,13-14,17-19,27-28H,10-12H2,1-3H3,(H,23,31)(H,24,29);1-2H3. The molecule has 0 bridgehead atoms. The molecule has 1 aromatic carbocycles. The van der Waals surface area contributed by atoms with Crippen LogP contribution in [0.25, 0.3) is 5.69 Å². The summed E-state index contributed by atoms with van der Waals surface area (Å²) in [5, 5.41) is 22.7. The Hall–Kier alpha value is -2.91. The highest BCUT2D eigenvalue weighted by molar-refractivity contribution is 5.89.